The molecule has 0 aliphatic carbocycles. The van der Waals surface area contributed by atoms with E-state index in [1.807, 2.05) is 31.2 Å². The van der Waals surface area contributed by atoms with Crippen LogP contribution in [0.4, 0.5) is 11.5 Å². The summed E-state index contributed by atoms with van der Waals surface area (Å²) in [6.45, 7) is 2.70. The van der Waals surface area contributed by atoms with Crippen molar-refractivity contribution in [1.82, 2.24) is 4.98 Å². The second kappa shape index (κ2) is 7.92. The van der Waals surface area contributed by atoms with Crippen molar-refractivity contribution in [2.45, 2.75) is 13.3 Å². The van der Waals surface area contributed by atoms with Gasteiger partial charge in [-0.1, -0.05) is 35.3 Å². The van der Waals surface area contributed by atoms with Crippen LogP contribution in [-0.4, -0.2) is 26.2 Å². The lowest BCUT2D eigenvalue weighted by Crippen LogP contribution is -2.10. The molecule has 3 aromatic rings. The minimum atomic E-state index is -3.26. The second-order valence-electron chi connectivity index (χ2n) is 6.36. The lowest BCUT2D eigenvalue weighted by molar-refractivity contribution is 0.607. The first-order chi connectivity index (χ1) is 12.7. The minimum Gasteiger partial charge on any atom is -0.370 e. The lowest BCUT2D eigenvalue weighted by atomic mass is 10.1. The third-order valence-corrected chi connectivity index (χ3v) is 5.36. The van der Waals surface area contributed by atoms with Crippen LogP contribution in [0, 0.1) is 6.92 Å². The zero-order valence-corrected chi connectivity index (χ0v) is 17.2. The Labute approximate surface area is 168 Å². The maximum Gasteiger partial charge on any atom is 0.229 e. The molecule has 0 saturated heterocycles. The molecule has 1 aromatic heterocycles. The number of hydrogen-bond donors (Lipinski definition) is 2. The van der Waals surface area contributed by atoms with Gasteiger partial charge in [-0.15, -0.1) is 0 Å². The summed E-state index contributed by atoms with van der Waals surface area (Å²) in [6, 6.07) is 12.9. The number of halogens is 2. The average Bonchev–Trinajstić information content (AvgIpc) is 2.57. The van der Waals surface area contributed by atoms with Crippen LogP contribution in [0.5, 0.6) is 0 Å². The standard InChI is InChI=1S/C19H19Cl2N3O2S/c1-12-9-19(23-18-11-17(21)16(20)10-15(12)18)22-8-7-13-3-5-14(6-4-13)24-27(2,25)26/h3-6,9-11,24H,7-8H2,1-2H3,(H,22,23). The molecule has 142 valence electrons. The molecular formula is C19H19Cl2N3O2S. The fourth-order valence-electron chi connectivity index (χ4n) is 2.77. The van der Waals surface area contributed by atoms with Crippen molar-refractivity contribution >= 4 is 55.6 Å². The van der Waals surface area contributed by atoms with E-state index in [0.717, 1.165) is 40.5 Å². The molecular weight excluding hydrogens is 405 g/mol. The monoisotopic (exact) mass is 423 g/mol. The second-order valence-corrected chi connectivity index (χ2v) is 8.92. The number of anilines is 2. The highest BCUT2D eigenvalue weighted by Crippen LogP contribution is 2.29. The number of benzene rings is 2. The molecule has 2 aromatic carbocycles. The Morgan fingerprint density at radius 3 is 2.37 bits per heavy atom. The molecule has 0 fully saturated rings. The molecule has 27 heavy (non-hydrogen) atoms. The summed E-state index contributed by atoms with van der Waals surface area (Å²) >= 11 is 12.2. The molecule has 0 amide bonds. The summed E-state index contributed by atoms with van der Waals surface area (Å²) in [7, 11) is -3.26. The van der Waals surface area contributed by atoms with E-state index in [9.17, 15) is 8.42 Å². The Balaban J connectivity index is 1.66. The maximum atomic E-state index is 11.2. The number of nitrogens with one attached hydrogen (secondary N) is 2. The number of fused-ring (bicyclic) bond motifs is 1. The molecule has 0 atom stereocenters. The van der Waals surface area contributed by atoms with Crippen LogP contribution in [0.2, 0.25) is 10.0 Å². The molecule has 0 aliphatic rings. The summed E-state index contributed by atoms with van der Waals surface area (Å²) in [4.78, 5) is 4.59. The van der Waals surface area contributed by atoms with Crippen molar-refractivity contribution in [3.8, 4) is 0 Å². The van der Waals surface area contributed by atoms with Crippen LogP contribution in [0.3, 0.4) is 0 Å². The van der Waals surface area contributed by atoms with Crippen molar-refractivity contribution in [3.05, 3.63) is 63.6 Å². The first-order valence-electron chi connectivity index (χ1n) is 8.28. The van der Waals surface area contributed by atoms with E-state index in [4.69, 9.17) is 23.2 Å². The Morgan fingerprint density at radius 1 is 1.04 bits per heavy atom. The van der Waals surface area contributed by atoms with Gasteiger partial charge in [-0.25, -0.2) is 13.4 Å². The largest absolute Gasteiger partial charge is 0.370 e. The summed E-state index contributed by atoms with van der Waals surface area (Å²) in [6.07, 6.45) is 1.91. The molecule has 0 spiro atoms. The van der Waals surface area contributed by atoms with Gasteiger partial charge in [0.15, 0.2) is 0 Å². The number of sulfonamides is 1. The van der Waals surface area contributed by atoms with Gasteiger partial charge in [0.2, 0.25) is 10.0 Å². The van der Waals surface area contributed by atoms with Crippen LogP contribution < -0.4 is 10.0 Å². The zero-order chi connectivity index (χ0) is 19.6. The predicted molar refractivity (Wildman–Crippen MR) is 114 cm³/mol. The van der Waals surface area contributed by atoms with Gasteiger partial charge in [0, 0.05) is 17.6 Å². The lowest BCUT2D eigenvalue weighted by Gasteiger charge is -2.10. The van der Waals surface area contributed by atoms with E-state index in [-0.39, 0.29) is 0 Å². The molecule has 0 bridgehead atoms. The van der Waals surface area contributed by atoms with Crippen molar-refractivity contribution in [3.63, 3.8) is 0 Å². The van der Waals surface area contributed by atoms with Crippen molar-refractivity contribution in [2.24, 2.45) is 0 Å². The first-order valence-corrected chi connectivity index (χ1v) is 10.9. The first kappa shape index (κ1) is 19.7. The van der Waals surface area contributed by atoms with Gasteiger partial charge in [-0.05, 0) is 54.8 Å². The highest BCUT2D eigenvalue weighted by Gasteiger charge is 2.07. The smallest absolute Gasteiger partial charge is 0.229 e. The van der Waals surface area contributed by atoms with Gasteiger partial charge in [0.25, 0.3) is 0 Å². The Kier molecular flexibility index (Phi) is 5.79. The van der Waals surface area contributed by atoms with Gasteiger partial charge in [-0.3, -0.25) is 4.72 Å². The Bertz CT molecular complexity index is 1080. The fourth-order valence-corrected chi connectivity index (χ4v) is 3.65. The summed E-state index contributed by atoms with van der Waals surface area (Å²) in [5.74, 6) is 0.772. The van der Waals surface area contributed by atoms with Crippen LogP contribution in [0.25, 0.3) is 10.9 Å². The summed E-state index contributed by atoms with van der Waals surface area (Å²) in [5.41, 5.74) is 3.51. The van der Waals surface area contributed by atoms with Crippen LogP contribution in [0.15, 0.2) is 42.5 Å². The van der Waals surface area contributed by atoms with Crippen molar-refractivity contribution in [2.75, 3.05) is 22.8 Å². The van der Waals surface area contributed by atoms with Crippen LogP contribution in [-0.2, 0) is 16.4 Å². The third kappa shape index (κ3) is 5.25. The van der Waals surface area contributed by atoms with E-state index >= 15 is 0 Å². The molecule has 3 rings (SSSR count). The molecule has 0 radical (unpaired) electrons. The van der Waals surface area contributed by atoms with E-state index in [2.05, 4.69) is 15.0 Å². The molecule has 0 aliphatic heterocycles. The van der Waals surface area contributed by atoms with Gasteiger partial charge in [0.1, 0.15) is 5.82 Å². The normalized spacial score (nSPS) is 11.6. The van der Waals surface area contributed by atoms with Crippen LogP contribution >= 0.6 is 23.2 Å². The Morgan fingerprint density at radius 2 is 1.70 bits per heavy atom. The Hall–Kier alpha value is -2.02. The predicted octanol–water partition coefficient (Wildman–Crippen LogP) is 4.88. The summed E-state index contributed by atoms with van der Waals surface area (Å²) in [5, 5.41) is 5.29. The number of nitrogens with zero attached hydrogens (tertiary/aromatic N) is 1. The average molecular weight is 424 g/mol. The van der Waals surface area contributed by atoms with E-state index in [1.165, 1.54) is 0 Å². The molecule has 8 heteroatoms. The summed E-state index contributed by atoms with van der Waals surface area (Å²) < 4.78 is 24.9. The fraction of sp³-hybridized carbons (Fsp3) is 0.211. The number of aromatic nitrogens is 1. The van der Waals surface area contributed by atoms with E-state index in [1.54, 1.807) is 18.2 Å². The zero-order valence-electron chi connectivity index (χ0n) is 14.9. The number of aryl methyl sites for hydroxylation is 1. The molecule has 0 unspecified atom stereocenters. The molecule has 0 saturated carbocycles. The van der Waals surface area contributed by atoms with Gasteiger partial charge in [0.05, 0.1) is 21.8 Å². The van der Waals surface area contributed by atoms with Crippen molar-refractivity contribution in [1.29, 1.82) is 0 Å². The maximum absolute atomic E-state index is 11.2. The third-order valence-electron chi connectivity index (χ3n) is 4.03. The van der Waals surface area contributed by atoms with Gasteiger partial charge in [-0.2, -0.15) is 0 Å². The van der Waals surface area contributed by atoms with Crippen LogP contribution in [0.1, 0.15) is 11.1 Å². The SMILES string of the molecule is Cc1cc(NCCc2ccc(NS(C)(=O)=O)cc2)nc2cc(Cl)c(Cl)cc12. The highest BCUT2D eigenvalue weighted by molar-refractivity contribution is 7.92. The van der Waals surface area contributed by atoms with Gasteiger partial charge >= 0.3 is 0 Å². The number of pyridine rings is 1. The van der Waals surface area contributed by atoms with Gasteiger partial charge < -0.3 is 5.32 Å². The quantitative estimate of drug-likeness (QED) is 0.592. The minimum absolute atomic E-state index is 0.482. The molecule has 1 heterocycles. The topological polar surface area (TPSA) is 71.1 Å². The van der Waals surface area contributed by atoms with E-state index in [0.29, 0.717) is 22.3 Å². The number of rotatable bonds is 6. The number of hydrogen-bond acceptors (Lipinski definition) is 4. The molecule has 2 N–H and O–H groups in total. The highest BCUT2D eigenvalue weighted by atomic mass is 35.5. The molecule has 5 nitrogen and oxygen atoms in total. The van der Waals surface area contributed by atoms with Crippen molar-refractivity contribution < 1.29 is 8.42 Å². The van der Waals surface area contributed by atoms with E-state index < -0.39 is 10.0 Å².